The van der Waals surface area contributed by atoms with E-state index in [0.29, 0.717) is 25.0 Å². The molecule has 0 heterocycles. The first kappa shape index (κ1) is 15.4. The summed E-state index contributed by atoms with van der Waals surface area (Å²) in [5.41, 5.74) is 5.89. The van der Waals surface area contributed by atoms with Crippen molar-refractivity contribution in [2.45, 2.75) is 46.1 Å². The number of rotatable bonds is 6. The van der Waals surface area contributed by atoms with Crippen molar-refractivity contribution in [3.8, 4) is 0 Å². The van der Waals surface area contributed by atoms with Gasteiger partial charge in [-0.3, -0.25) is 9.69 Å². The standard InChI is InChI=1S/C14H29N3O/c1-4-16-14(18)10-17(5-2)13-8-11(3)6-7-12(13)9-15/h11-13H,4-10,15H2,1-3H3,(H,16,18). The van der Waals surface area contributed by atoms with Gasteiger partial charge in [-0.15, -0.1) is 0 Å². The van der Waals surface area contributed by atoms with Gasteiger partial charge in [-0.25, -0.2) is 0 Å². The third kappa shape index (κ3) is 4.25. The predicted molar refractivity (Wildman–Crippen MR) is 75.3 cm³/mol. The summed E-state index contributed by atoms with van der Waals surface area (Å²) in [6, 6.07) is 0.478. The molecule has 1 saturated carbocycles. The molecule has 4 nitrogen and oxygen atoms in total. The highest BCUT2D eigenvalue weighted by Gasteiger charge is 2.32. The van der Waals surface area contributed by atoms with Crippen LogP contribution in [0.3, 0.4) is 0 Å². The molecule has 1 aliphatic rings. The minimum absolute atomic E-state index is 0.133. The second-order valence-corrected chi connectivity index (χ2v) is 5.50. The largest absolute Gasteiger partial charge is 0.355 e. The van der Waals surface area contributed by atoms with Crippen molar-refractivity contribution < 1.29 is 4.79 Å². The van der Waals surface area contributed by atoms with Crippen molar-refractivity contribution in [1.82, 2.24) is 10.2 Å². The van der Waals surface area contributed by atoms with Gasteiger partial charge in [-0.05, 0) is 44.7 Å². The van der Waals surface area contributed by atoms with Crippen LogP contribution in [0.15, 0.2) is 0 Å². The number of nitrogens with one attached hydrogen (secondary N) is 1. The molecule has 106 valence electrons. The lowest BCUT2D eigenvalue weighted by atomic mass is 9.78. The van der Waals surface area contributed by atoms with E-state index in [4.69, 9.17) is 5.73 Å². The quantitative estimate of drug-likeness (QED) is 0.750. The van der Waals surface area contributed by atoms with Crippen molar-refractivity contribution >= 4 is 5.91 Å². The Hall–Kier alpha value is -0.610. The van der Waals surface area contributed by atoms with Gasteiger partial charge in [-0.1, -0.05) is 20.3 Å². The molecule has 3 N–H and O–H groups in total. The fraction of sp³-hybridized carbons (Fsp3) is 0.929. The van der Waals surface area contributed by atoms with Crippen molar-refractivity contribution in [2.75, 3.05) is 26.2 Å². The van der Waals surface area contributed by atoms with E-state index in [9.17, 15) is 4.79 Å². The Balaban J connectivity index is 2.62. The van der Waals surface area contributed by atoms with E-state index in [1.165, 1.54) is 19.3 Å². The molecule has 18 heavy (non-hydrogen) atoms. The molecule has 3 unspecified atom stereocenters. The molecule has 0 bridgehead atoms. The molecular weight excluding hydrogens is 226 g/mol. The summed E-state index contributed by atoms with van der Waals surface area (Å²) in [6.07, 6.45) is 3.65. The average Bonchev–Trinajstić information content (AvgIpc) is 2.36. The monoisotopic (exact) mass is 255 g/mol. The highest BCUT2D eigenvalue weighted by Crippen LogP contribution is 2.31. The second-order valence-electron chi connectivity index (χ2n) is 5.50. The van der Waals surface area contributed by atoms with Gasteiger partial charge in [0.05, 0.1) is 6.54 Å². The molecule has 3 atom stereocenters. The maximum Gasteiger partial charge on any atom is 0.234 e. The molecule has 1 fully saturated rings. The lowest BCUT2D eigenvalue weighted by Gasteiger charge is -2.41. The molecule has 0 aromatic heterocycles. The van der Waals surface area contributed by atoms with Gasteiger partial charge in [0.25, 0.3) is 0 Å². The van der Waals surface area contributed by atoms with Crippen LogP contribution in [0.1, 0.15) is 40.0 Å². The Morgan fingerprint density at radius 1 is 1.39 bits per heavy atom. The lowest BCUT2D eigenvalue weighted by Crippen LogP contribution is -2.50. The first-order valence-electron chi connectivity index (χ1n) is 7.33. The average molecular weight is 255 g/mol. The summed E-state index contributed by atoms with van der Waals surface area (Å²) in [4.78, 5) is 14.1. The van der Waals surface area contributed by atoms with Crippen LogP contribution >= 0.6 is 0 Å². The number of nitrogens with two attached hydrogens (primary N) is 1. The van der Waals surface area contributed by atoms with E-state index >= 15 is 0 Å². The summed E-state index contributed by atoms with van der Waals surface area (Å²) in [5.74, 6) is 1.44. The van der Waals surface area contributed by atoms with Crippen LogP contribution in [0, 0.1) is 11.8 Å². The molecule has 1 amide bonds. The Morgan fingerprint density at radius 2 is 2.11 bits per heavy atom. The van der Waals surface area contributed by atoms with Gasteiger partial charge >= 0.3 is 0 Å². The molecular formula is C14H29N3O. The Bertz CT molecular complexity index is 257. The van der Waals surface area contributed by atoms with Crippen molar-refractivity contribution in [3.63, 3.8) is 0 Å². The molecule has 0 spiro atoms. The van der Waals surface area contributed by atoms with E-state index < -0.39 is 0 Å². The van der Waals surface area contributed by atoms with E-state index in [1.807, 2.05) is 6.92 Å². The van der Waals surface area contributed by atoms with Crippen LogP contribution in [0.2, 0.25) is 0 Å². The summed E-state index contributed by atoms with van der Waals surface area (Å²) >= 11 is 0. The van der Waals surface area contributed by atoms with E-state index in [-0.39, 0.29) is 5.91 Å². The van der Waals surface area contributed by atoms with Crippen LogP contribution in [-0.2, 0) is 4.79 Å². The van der Waals surface area contributed by atoms with Gasteiger partial charge in [-0.2, -0.15) is 0 Å². The molecule has 0 aromatic rings. The number of nitrogens with zero attached hydrogens (tertiary/aromatic N) is 1. The number of amides is 1. The third-order valence-electron chi connectivity index (χ3n) is 4.12. The number of hydrogen-bond acceptors (Lipinski definition) is 3. The smallest absolute Gasteiger partial charge is 0.234 e. The summed E-state index contributed by atoms with van der Waals surface area (Å²) in [7, 11) is 0. The van der Waals surface area contributed by atoms with E-state index in [1.54, 1.807) is 0 Å². The number of carbonyl (C=O) groups excluding carboxylic acids is 1. The highest BCUT2D eigenvalue weighted by molar-refractivity contribution is 5.77. The Morgan fingerprint density at radius 3 is 2.67 bits per heavy atom. The van der Waals surface area contributed by atoms with Crippen LogP contribution < -0.4 is 11.1 Å². The van der Waals surface area contributed by atoms with Crippen LogP contribution in [0.25, 0.3) is 0 Å². The van der Waals surface area contributed by atoms with Crippen molar-refractivity contribution in [1.29, 1.82) is 0 Å². The zero-order valence-corrected chi connectivity index (χ0v) is 12.1. The fourth-order valence-electron chi connectivity index (χ4n) is 3.04. The Labute approximate surface area is 111 Å². The predicted octanol–water partition coefficient (Wildman–Crippen LogP) is 1.21. The molecule has 4 heteroatoms. The summed E-state index contributed by atoms with van der Waals surface area (Å²) < 4.78 is 0. The van der Waals surface area contributed by atoms with Gasteiger partial charge < -0.3 is 11.1 Å². The minimum Gasteiger partial charge on any atom is -0.355 e. The topological polar surface area (TPSA) is 58.4 Å². The number of likely N-dealkylation sites (N-methyl/N-ethyl adjacent to an activating group) is 2. The van der Waals surface area contributed by atoms with Crippen LogP contribution in [-0.4, -0.2) is 43.0 Å². The second kappa shape index (κ2) is 7.74. The van der Waals surface area contributed by atoms with Crippen molar-refractivity contribution in [3.05, 3.63) is 0 Å². The van der Waals surface area contributed by atoms with E-state index in [0.717, 1.165) is 19.0 Å². The SMILES string of the molecule is CCNC(=O)CN(CC)C1CC(C)CCC1CN. The van der Waals surface area contributed by atoms with E-state index in [2.05, 4.69) is 24.1 Å². The van der Waals surface area contributed by atoms with Crippen molar-refractivity contribution in [2.24, 2.45) is 17.6 Å². The van der Waals surface area contributed by atoms with Gasteiger partial charge in [0.1, 0.15) is 0 Å². The normalized spacial score (nSPS) is 28.4. The molecule has 0 aromatic carbocycles. The first-order chi connectivity index (χ1) is 8.62. The van der Waals surface area contributed by atoms with Gasteiger partial charge in [0.15, 0.2) is 0 Å². The number of hydrogen-bond donors (Lipinski definition) is 2. The van der Waals surface area contributed by atoms with Crippen LogP contribution in [0.5, 0.6) is 0 Å². The molecule has 0 saturated heterocycles. The third-order valence-corrected chi connectivity index (χ3v) is 4.12. The highest BCUT2D eigenvalue weighted by atomic mass is 16.2. The maximum atomic E-state index is 11.7. The zero-order valence-electron chi connectivity index (χ0n) is 12.1. The lowest BCUT2D eigenvalue weighted by molar-refractivity contribution is -0.123. The Kier molecular flexibility index (Phi) is 6.65. The zero-order chi connectivity index (χ0) is 13.5. The van der Waals surface area contributed by atoms with Gasteiger partial charge in [0.2, 0.25) is 5.91 Å². The minimum atomic E-state index is 0.133. The fourth-order valence-corrected chi connectivity index (χ4v) is 3.04. The molecule has 0 radical (unpaired) electrons. The number of carbonyl (C=O) groups is 1. The maximum absolute atomic E-state index is 11.7. The van der Waals surface area contributed by atoms with Crippen LogP contribution in [0.4, 0.5) is 0 Å². The first-order valence-corrected chi connectivity index (χ1v) is 7.33. The molecule has 1 aliphatic carbocycles. The molecule has 0 aliphatic heterocycles. The molecule has 1 rings (SSSR count). The summed E-state index contributed by atoms with van der Waals surface area (Å²) in [5, 5.41) is 2.88. The summed E-state index contributed by atoms with van der Waals surface area (Å²) in [6.45, 7) is 9.27. The van der Waals surface area contributed by atoms with Gasteiger partial charge in [0, 0.05) is 12.6 Å².